The quantitative estimate of drug-likeness (QED) is 0.501. The first-order valence-corrected chi connectivity index (χ1v) is 10.5. The molecule has 0 saturated heterocycles. The van der Waals surface area contributed by atoms with Gasteiger partial charge < -0.3 is 15.4 Å². The van der Waals surface area contributed by atoms with Gasteiger partial charge in [-0.15, -0.1) is 0 Å². The van der Waals surface area contributed by atoms with Crippen LogP contribution < -0.4 is 15.4 Å². The van der Waals surface area contributed by atoms with E-state index in [9.17, 15) is 14.0 Å². The van der Waals surface area contributed by atoms with Crippen molar-refractivity contribution in [1.29, 1.82) is 0 Å². The normalized spacial score (nSPS) is 11.4. The fraction of sp³-hybridized carbons (Fsp3) is 0.240. The van der Waals surface area contributed by atoms with E-state index in [4.69, 9.17) is 4.74 Å². The van der Waals surface area contributed by atoms with Crippen LogP contribution in [0.2, 0.25) is 0 Å². The maximum Gasteiger partial charge on any atom is 0.242 e. The predicted molar refractivity (Wildman–Crippen MR) is 120 cm³/mol. The lowest BCUT2D eigenvalue weighted by Gasteiger charge is -2.18. The zero-order chi connectivity index (χ0) is 22.8. The minimum absolute atomic E-state index is 0.191. The van der Waals surface area contributed by atoms with E-state index in [1.165, 1.54) is 24.3 Å². The first-order valence-electron chi connectivity index (χ1n) is 10.5. The molecule has 0 fully saturated rings. The highest BCUT2D eigenvalue weighted by molar-refractivity contribution is 5.88. The minimum Gasteiger partial charge on any atom is -0.439 e. The lowest BCUT2D eigenvalue weighted by Crippen LogP contribution is -2.46. The first-order chi connectivity index (χ1) is 15.5. The van der Waals surface area contributed by atoms with Gasteiger partial charge in [0, 0.05) is 18.8 Å². The SMILES string of the molecule is CCCC(NC(=O)Cc1ccccc1)C(=O)NCc1ccnc(Oc2ccc(F)cc2)c1. The zero-order valence-electron chi connectivity index (χ0n) is 17.9. The van der Waals surface area contributed by atoms with Crippen LogP contribution in [0.15, 0.2) is 72.9 Å². The monoisotopic (exact) mass is 435 g/mol. The topological polar surface area (TPSA) is 80.3 Å². The van der Waals surface area contributed by atoms with Crippen LogP contribution >= 0.6 is 0 Å². The molecule has 3 rings (SSSR count). The molecule has 1 heterocycles. The Morgan fingerprint density at radius 3 is 2.50 bits per heavy atom. The van der Waals surface area contributed by atoms with Crippen molar-refractivity contribution in [2.45, 2.75) is 38.8 Å². The summed E-state index contributed by atoms with van der Waals surface area (Å²) >= 11 is 0. The number of hydrogen-bond acceptors (Lipinski definition) is 4. The van der Waals surface area contributed by atoms with Gasteiger partial charge >= 0.3 is 0 Å². The van der Waals surface area contributed by atoms with Gasteiger partial charge in [0.05, 0.1) is 6.42 Å². The third-order valence-corrected chi connectivity index (χ3v) is 4.74. The highest BCUT2D eigenvalue weighted by atomic mass is 19.1. The van der Waals surface area contributed by atoms with E-state index in [1.54, 1.807) is 18.3 Å². The van der Waals surface area contributed by atoms with E-state index in [0.29, 0.717) is 18.1 Å². The molecule has 3 aromatic rings. The van der Waals surface area contributed by atoms with Crippen molar-refractivity contribution >= 4 is 11.8 Å². The third kappa shape index (κ3) is 7.19. The number of aromatic nitrogens is 1. The van der Waals surface area contributed by atoms with E-state index in [-0.39, 0.29) is 30.6 Å². The number of halogens is 1. The maximum atomic E-state index is 13.0. The summed E-state index contributed by atoms with van der Waals surface area (Å²) in [6.07, 6.45) is 3.10. The fourth-order valence-corrected chi connectivity index (χ4v) is 3.14. The Morgan fingerprint density at radius 1 is 1.03 bits per heavy atom. The number of amides is 2. The molecule has 1 atom stereocenters. The molecule has 2 aromatic carbocycles. The highest BCUT2D eigenvalue weighted by Crippen LogP contribution is 2.20. The zero-order valence-corrected chi connectivity index (χ0v) is 17.9. The second kappa shape index (κ2) is 11.6. The van der Waals surface area contributed by atoms with Gasteiger partial charge in [-0.2, -0.15) is 0 Å². The summed E-state index contributed by atoms with van der Waals surface area (Å²) in [7, 11) is 0. The van der Waals surface area contributed by atoms with Crippen LogP contribution in [0.25, 0.3) is 0 Å². The van der Waals surface area contributed by atoms with Crippen molar-refractivity contribution in [2.75, 3.05) is 0 Å². The lowest BCUT2D eigenvalue weighted by atomic mass is 10.1. The summed E-state index contributed by atoms with van der Waals surface area (Å²) in [5, 5.41) is 5.70. The van der Waals surface area contributed by atoms with Crippen molar-refractivity contribution in [2.24, 2.45) is 0 Å². The molecule has 6 nitrogen and oxygen atoms in total. The molecule has 0 spiro atoms. The van der Waals surface area contributed by atoms with Crippen molar-refractivity contribution in [3.8, 4) is 11.6 Å². The van der Waals surface area contributed by atoms with Gasteiger partial charge in [-0.1, -0.05) is 43.7 Å². The molecule has 0 bridgehead atoms. The molecular weight excluding hydrogens is 409 g/mol. The highest BCUT2D eigenvalue weighted by Gasteiger charge is 2.19. The number of pyridine rings is 1. The molecule has 0 saturated carbocycles. The molecular formula is C25H26FN3O3. The van der Waals surface area contributed by atoms with Crippen LogP contribution in [-0.4, -0.2) is 22.8 Å². The van der Waals surface area contributed by atoms with Gasteiger partial charge in [0.25, 0.3) is 0 Å². The van der Waals surface area contributed by atoms with Crippen LogP contribution in [0.1, 0.15) is 30.9 Å². The molecule has 7 heteroatoms. The molecule has 2 N–H and O–H groups in total. The first kappa shape index (κ1) is 22.9. The number of ether oxygens (including phenoxy) is 1. The summed E-state index contributed by atoms with van der Waals surface area (Å²) in [5.41, 5.74) is 1.68. The van der Waals surface area contributed by atoms with Crippen molar-refractivity contribution in [1.82, 2.24) is 15.6 Å². The number of nitrogens with one attached hydrogen (secondary N) is 2. The molecule has 32 heavy (non-hydrogen) atoms. The number of carbonyl (C=O) groups is 2. The standard InChI is InChI=1S/C25H26FN3O3/c1-2-6-22(29-23(30)15-18-7-4-3-5-8-18)25(31)28-17-19-13-14-27-24(16-19)32-21-11-9-20(26)10-12-21/h3-5,7-14,16,22H,2,6,15,17H2,1H3,(H,28,31)(H,29,30). The average Bonchev–Trinajstić information content (AvgIpc) is 2.79. The van der Waals surface area contributed by atoms with E-state index in [2.05, 4.69) is 15.6 Å². The molecule has 0 aliphatic heterocycles. The Labute approximate surface area is 186 Å². The molecule has 1 unspecified atom stereocenters. The van der Waals surface area contributed by atoms with Gasteiger partial charge in [0.2, 0.25) is 17.7 Å². The number of rotatable bonds is 10. The third-order valence-electron chi connectivity index (χ3n) is 4.74. The lowest BCUT2D eigenvalue weighted by molar-refractivity contribution is -0.129. The van der Waals surface area contributed by atoms with Crippen LogP contribution in [-0.2, 0) is 22.6 Å². The van der Waals surface area contributed by atoms with Crippen molar-refractivity contribution in [3.05, 3.63) is 89.9 Å². The van der Waals surface area contributed by atoms with Crippen LogP contribution in [0.3, 0.4) is 0 Å². The Kier molecular flexibility index (Phi) is 8.31. The number of benzene rings is 2. The molecule has 0 aliphatic carbocycles. The Balaban J connectivity index is 1.55. The van der Waals surface area contributed by atoms with Crippen molar-refractivity contribution < 1.29 is 18.7 Å². The van der Waals surface area contributed by atoms with Crippen LogP contribution in [0.5, 0.6) is 11.6 Å². The van der Waals surface area contributed by atoms with E-state index in [1.807, 2.05) is 37.3 Å². The number of carbonyl (C=O) groups excluding carboxylic acids is 2. The average molecular weight is 435 g/mol. The molecule has 0 aliphatic rings. The summed E-state index contributed by atoms with van der Waals surface area (Å²) in [6.45, 7) is 2.22. The Bertz CT molecular complexity index is 1030. The van der Waals surface area contributed by atoms with Gasteiger partial charge in [0.15, 0.2) is 0 Å². The fourth-order valence-electron chi connectivity index (χ4n) is 3.14. The smallest absolute Gasteiger partial charge is 0.242 e. The summed E-state index contributed by atoms with van der Waals surface area (Å²) in [5.74, 6) is 0.0166. The number of hydrogen-bond donors (Lipinski definition) is 2. The second-order valence-electron chi connectivity index (χ2n) is 7.35. The van der Waals surface area contributed by atoms with Gasteiger partial charge in [-0.3, -0.25) is 9.59 Å². The summed E-state index contributed by atoms with van der Waals surface area (Å²) < 4.78 is 18.7. The summed E-state index contributed by atoms with van der Waals surface area (Å²) in [4.78, 5) is 29.2. The van der Waals surface area contributed by atoms with Crippen LogP contribution in [0, 0.1) is 5.82 Å². The second-order valence-corrected chi connectivity index (χ2v) is 7.35. The van der Waals surface area contributed by atoms with Gasteiger partial charge in [-0.25, -0.2) is 9.37 Å². The Hall–Kier alpha value is -3.74. The largest absolute Gasteiger partial charge is 0.439 e. The van der Waals surface area contributed by atoms with Gasteiger partial charge in [-0.05, 0) is 47.9 Å². The van der Waals surface area contributed by atoms with Crippen molar-refractivity contribution in [3.63, 3.8) is 0 Å². The van der Waals surface area contributed by atoms with E-state index < -0.39 is 6.04 Å². The van der Waals surface area contributed by atoms with E-state index >= 15 is 0 Å². The molecule has 1 aromatic heterocycles. The van der Waals surface area contributed by atoms with Crippen LogP contribution in [0.4, 0.5) is 4.39 Å². The molecule has 0 radical (unpaired) electrons. The Morgan fingerprint density at radius 2 is 1.78 bits per heavy atom. The summed E-state index contributed by atoms with van der Waals surface area (Å²) in [6, 6.07) is 17.9. The number of nitrogens with zero attached hydrogens (tertiary/aromatic N) is 1. The van der Waals surface area contributed by atoms with E-state index in [0.717, 1.165) is 17.5 Å². The molecule has 2 amide bonds. The predicted octanol–water partition coefficient (Wildman–Crippen LogP) is 4.16. The minimum atomic E-state index is -0.604. The molecule has 166 valence electrons. The maximum absolute atomic E-state index is 13.0. The van der Waals surface area contributed by atoms with Gasteiger partial charge in [0.1, 0.15) is 17.6 Å².